The van der Waals surface area contributed by atoms with Gasteiger partial charge in [0, 0.05) is 28.1 Å². The molecule has 0 N–H and O–H groups in total. The third-order valence-corrected chi connectivity index (χ3v) is 16.7. The Balaban J connectivity index is 1.17. The van der Waals surface area contributed by atoms with E-state index in [0.717, 1.165) is 127 Å². The number of benzene rings is 12. The summed E-state index contributed by atoms with van der Waals surface area (Å²) in [6.45, 7) is 17.2. The van der Waals surface area contributed by atoms with E-state index >= 15 is 8.78 Å². The zero-order valence-electron chi connectivity index (χ0n) is 44.4. The maximum atomic E-state index is 17.9. The number of halogens is 2. The SMILES string of the molecule is Cc1cccc(-c2ccc(F)c(C(c3ccccc3)c3ccc4ccc5c(N(c6ccccc6)c6c(F)ccc(-c7cccc(C)c7C)c6-c6cccc(C)c6C)ccc6ccc3c4c65)c2-c2cccc(C)c2C)c1C. The molecule has 12 aromatic rings. The molecule has 1 unspecified atom stereocenters. The van der Waals surface area contributed by atoms with Gasteiger partial charge in [0.15, 0.2) is 0 Å². The molecule has 0 fully saturated rings. The summed E-state index contributed by atoms with van der Waals surface area (Å²) in [7, 11) is 0. The van der Waals surface area contributed by atoms with Crippen molar-refractivity contribution >= 4 is 49.4 Å². The third-order valence-electron chi connectivity index (χ3n) is 16.7. The maximum Gasteiger partial charge on any atom is 0.147 e. The summed E-state index contributed by atoms with van der Waals surface area (Å²) in [6.07, 6.45) is 0. The van der Waals surface area contributed by atoms with Gasteiger partial charge in [-0.2, -0.15) is 0 Å². The first-order chi connectivity index (χ1) is 36.9. The largest absolute Gasteiger partial charge is 0.307 e. The van der Waals surface area contributed by atoms with Gasteiger partial charge >= 0.3 is 0 Å². The van der Waals surface area contributed by atoms with E-state index in [4.69, 9.17) is 0 Å². The molecule has 12 aromatic carbocycles. The molecule has 76 heavy (non-hydrogen) atoms. The number of hydrogen-bond donors (Lipinski definition) is 0. The molecule has 0 radical (unpaired) electrons. The lowest BCUT2D eigenvalue weighted by Gasteiger charge is -2.32. The highest BCUT2D eigenvalue weighted by Gasteiger charge is 2.32. The molecule has 0 heterocycles. The minimum atomic E-state index is -0.506. The van der Waals surface area contributed by atoms with Gasteiger partial charge in [0.25, 0.3) is 0 Å². The molecule has 0 aliphatic heterocycles. The minimum Gasteiger partial charge on any atom is -0.307 e. The third kappa shape index (κ3) is 7.87. The van der Waals surface area contributed by atoms with Crippen LogP contribution >= 0.6 is 0 Å². The first-order valence-corrected chi connectivity index (χ1v) is 26.4. The second kappa shape index (κ2) is 19.2. The van der Waals surface area contributed by atoms with Crippen LogP contribution in [0.4, 0.5) is 25.8 Å². The van der Waals surface area contributed by atoms with Crippen molar-refractivity contribution in [3.63, 3.8) is 0 Å². The minimum absolute atomic E-state index is 0.255. The van der Waals surface area contributed by atoms with Crippen LogP contribution in [0.15, 0.2) is 206 Å². The van der Waals surface area contributed by atoms with Crippen LogP contribution in [0.3, 0.4) is 0 Å². The van der Waals surface area contributed by atoms with E-state index in [2.05, 4.69) is 218 Å². The van der Waals surface area contributed by atoms with Crippen molar-refractivity contribution in [1.82, 2.24) is 0 Å². The average Bonchev–Trinajstić information content (AvgIpc) is 3.62. The van der Waals surface area contributed by atoms with Crippen LogP contribution in [0.2, 0.25) is 0 Å². The molecule has 0 aliphatic rings. The smallest absolute Gasteiger partial charge is 0.147 e. The van der Waals surface area contributed by atoms with E-state index < -0.39 is 5.92 Å². The highest BCUT2D eigenvalue weighted by molar-refractivity contribution is 6.26. The van der Waals surface area contributed by atoms with Crippen molar-refractivity contribution in [2.24, 2.45) is 0 Å². The molecular weight excluding hydrogens is 929 g/mol. The molecular formula is C73H59F2N. The van der Waals surface area contributed by atoms with Crippen molar-refractivity contribution in [2.45, 2.75) is 61.3 Å². The predicted molar refractivity (Wildman–Crippen MR) is 318 cm³/mol. The van der Waals surface area contributed by atoms with Crippen molar-refractivity contribution in [2.75, 3.05) is 4.90 Å². The Kier molecular flexibility index (Phi) is 12.2. The number of para-hydroxylation sites is 1. The Hall–Kier alpha value is -8.66. The fourth-order valence-corrected chi connectivity index (χ4v) is 12.2. The van der Waals surface area contributed by atoms with Gasteiger partial charge in [-0.15, -0.1) is 0 Å². The van der Waals surface area contributed by atoms with E-state index in [9.17, 15) is 0 Å². The summed E-state index contributed by atoms with van der Waals surface area (Å²) in [5, 5.41) is 6.32. The normalized spacial score (nSPS) is 12.0. The summed E-state index contributed by atoms with van der Waals surface area (Å²) in [5.41, 5.74) is 21.9. The van der Waals surface area contributed by atoms with Gasteiger partial charge in [0.1, 0.15) is 11.6 Å². The second-order valence-corrected chi connectivity index (χ2v) is 20.9. The van der Waals surface area contributed by atoms with Crippen LogP contribution < -0.4 is 4.90 Å². The van der Waals surface area contributed by atoms with Gasteiger partial charge in [-0.3, -0.25) is 0 Å². The van der Waals surface area contributed by atoms with Crippen LogP contribution in [0.1, 0.15) is 67.1 Å². The number of anilines is 3. The summed E-state index contributed by atoms with van der Waals surface area (Å²) in [4.78, 5) is 2.14. The second-order valence-electron chi connectivity index (χ2n) is 20.9. The Morgan fingerprint density at radius 1 is 0.342 bits per heavy atom. The number of aryl methyl sites for hydroxylation is 4. The molecule has 3 heteroatoms. The van der Waals surface area contributed by atoms with Gasteiger partial charge in [0.05, 0.1) is 11.4 Å². The summed E-state index contributed by atoms with van der Waals surface area (Å²) >= 11 is 0. The lowest BCUT2D eigenvalue weighted by atomic mass is 9.75. The van der Waals surface area contributed by atoms with E-state index in [1.54, 1.807) is 12.1 Å². The zero-order chi connectivity index (χ0) is 52.5. The Bertz CT molecular complexity index is 3950. The lowest BCUT2D eigenvalue weighted by Crippen LogP contribution is -2.15. The molecule has 0 saturated heterocycles. The zero-order valence-corrected chi connectivity index (χ0v) is 44.4. The van der Waals surface area contributed by atoms with Gasteiger partial charge in [-0.25, -0.2) is 8.78 Å². The van der Waals surface area contributed by atoms with Crippen LogP contribution in [-0.2, 0) is 0 Å². The number of hydrogen-bond acceptors (Lipinski definition) is 1. The first-order valence-electron chi connectivity index (χ1n) is 26.4. The Labute approximate surface area is 445 Å². The number of rotatable bonds is 10. The van der Waals surface area contributed by atoms with Crippen LogP contribution in [0.5, 0.6) is 0 Å². The van der Waals surface area contributed by atoms with Crippen LogP contribution in [0.25, 0.3) is 76.8 Å². The Morgan fingerprint density at radius 2 is 0.789 bits per heavy atom. The van der Waals surface area contributed by atoms with Crippen molar-refractivity contribution in [3.05, 3.63) is 279 Å². The van der Waals surface area contributed by atoms with Gasteiger partial charge in [0.2, 0.25) is 0 Å². The average molecular weight is 988 g/mol. The van der Waals surface area contributed by atoms with Crippen molar-refractivity contribution in [3.8, 4) is 44.5 Å². The topological polar surface area (TPSA) is 3.24 Å². The molecule has 0 saturated carbocycles. The summed E-state index contributed by atoms with van der Waals surface area (Å²) in [6, 6.07) is 71.1. The molecule has 12 rings (SSSR count). The van der Waals surface area contributed by atoms with Gasteiger partial charge < -0.3 is 4.90 Å². The van der Waals surface area contributed by atoms with Crippen LogP contribution in [0, 0.1) is 67.0 Å². The van der Waals surface area contributed by atoms with Gasteiger partial charge in [-0.1, -0.05) is 176 Å². The van der Waals surface area contributed by atoms with E-state index in [1.807, 2.05) is 36.4 Å². The molecule has 370 valence electrons. The highest BCUT2D eigenvalue weighted by Crippen LogP contribution is 2.53. The van der Waals surface area contributed by atoms with E-state index in [0.29, 0.717) is 11.3 Å². The van der Waals surface area contributed by atoms with Gasteiger partial charge in [-0.05, 0) is 207 Å². The first kappa shape index (κ1) is 48.3. The van der Waals surface area contributed by atoms with E-state index in [-0.39, 0.29) is 11.6 Å². The molecule has 0 amide bonds. The summed E-state index contributed by atoms with van der Waals surface area (Å²) in [5.74, 6) is -1.08. The van der Waals surface area contributed by atoms with Crippen LogP contribution in [-0.4, -0.2) is 0 Å². The molecule has 0 bridgehead atoms. The molecule has 0 aromatic heterocycles. The fourth-order valence-electron chi connectivity index (χ4n) is 12.2. The number of nitrogens with zero attached hydrogens (tertiary/aromatic N) is 1. The van der Waals surface area contributed by atoms with Crippen molar-refractivity contribution in [1.29, 1.82) is 0 Å². The molecule has 1 atom stereocenters. The quantitative estimate of drug-likeness (QED) is 0.0975. The highest BCUT2D eigenvalue weighted by atomic mass is 19.1. The maximum absolute atomic E-state index is 17.9. The lowest BCUT2D eigenvalue weighted by molar-refractivity contribution is 0.608. The monoisotopic (exact) mass is 987 g/mol. The molecule has 0 spiro atoms. The Morgan fingerprint density at radius 3 is 1.37 bits per heavy atom. The predicted octanol–water partition coefficient (Wildman–Crippen LogP) is 20.6. The summed E-state index contributed by atoms with van der Waals surface area (Å²) < 4.78 is 35.8. The van der Waals surface area contributed by atoms with E-state index in [1.165, 1.54) is 16.7 Å². The van der Waals surface area contributed by atoms with Crippen molar-refractivity contribution < 1.29 is 8.78 Å². The molecule has 0 aliphatic carbocycles. The molecule has 1 nitrogen and oxygen atoms in total. The fraction of sp³-hybridized carbons (Fsp3) is 0.123. The standard InChI is InChI=1S/C73H59F2N/c1-43-19-15-27-55(47(43)5)59-38-40-64(74)72(70(59)57-29-17-21-45(3)49(57)7)68(51-23-11-9-12-24-51)62-36-31-52-33-37-63-66(42-34-53-32-35-61(62)67(52)69(53)63)76(54-25-13-10-14-26-54)73-65(75)41-39-60(56-28-16-20-44(2)48(56)6)71(73)58-30-18-22-46(4)50(58)8/h9-42,68H,1-8H3.